The van der Waals surface area contributed by atoms with Crippen LogP contribution in [0.15, 0.2) is 18.2 Å². The number of carbonyl (C=O) groups is 3. The Hall–Kier alpha value is -2.77. The van der Waals surface area contributed by atoms with Crippen molar-refractivity contribution in [3.63, 3.8) is 0 Å². The van der Waals surface area contributed by atoms with Crippen molar-refractivity contribution in [2.75, 3.05) is 33.1 Å². The normalized spacial score (nSPS) is 9.67. The first-order valence-corrected chi connectivity index (χ1v) is 6.01. The molecule has 3 N–H and O–H groups in total. The highest BCUT2D eigenvalue weighted by molar-refractivity contribution is 5.95. The van der Waals surface area contributed by atoms with Gasteiger partial charge in [0.15, 0.2) is 0 Å². The molecule has 0 heterocycles. The molecule has 8 nitrogen and oxygen atoms in total. The van der Waals surface area contributed by atoms with Crippen molar-refractivity contribution in [2.24, 2.45) is 0 Å². The predicted molar refractivity (Wildman–Crippen MR) is 75.7 cm³/mol. The molecule has 8 heteroatoms. The number of hydrogen-bond acceptors (Lipinski definition) is 4. The highest BCUT2D eigenvalue weighted by Gasteiger charge is 2.12. The summed E-state index contributed by atoms with van der Waals surface area (Å²) in [6.07, 6.45) is 0. The highest BCUT2D eigenvalue weighted by atomic mass is 16.5. The van der Waals surface area contributed by atoms with Crippen LogP contribution in [0, 0.1) is 0 Å². The Morgan fingerprint density at radius 1 is 1.29 bits per heavy atom. The second kappa shape index (κ2) is 7.13. The van der Waals surface area contributed by atoms with Gasteiger partial charge in [-0.05, 0) is 12.1 Å². The van der Waals surface area contributed by atoms with Crippen molar-refractivity contribution in [2.45, 2.75) is 0 Å². The van der Waals surface area contributed by atoms with E-state index < -0.39 is 12.0 Å². The number of anilines is 1. The molecule has 0 fully saturated rings. The van der Waals surface area contributed by atoms with E-state index in [1.54, 1.807) is 14.1 Å². The molecule has 0 radical (unpaired) electrons. The average molecular weight is 295 g/mol. The maximum atomic E-state index is 11.6. The van der Waals surface area contributed by atoms with Gasteiger partial charge in [0.1, 0.15) is 11.3 Å². The number of carboxylic acids is 1. The Morgan fingerprint density at radius 3 is 2.48 bits per heavy atom. The van der Waals surface area contributed by atoms with E-state index in [4.69, 9.17) is 9.84 Å². The van der Waals surface area contributed by atoms with Crippen LogP contribution in [-0.2, 0) is 4.79 Å². The van der Waals surface area contributed by atoms with Crippen molar-refractivity contribution >= 4 is 23.6 Å². The molecule has 1 rings (SSSR count). The lowest BCUT2D eigenvalue weighted by molar-refractivity contribution is -0.127. The highest BCUT2D eigenvalue weighted by Crippen LogP contribution is 2.23. The molecule has 21 heavy (non-hydrogen) atoms. The number of rotatable bonds is 5. The Labute approximate surface area is 121 Å². The zero-order valence-electron chi connectivity index (χ0n) is 12.0. The second-order valence-corrected chi connectivity index (χ2v) is 4.32. The first-order chi connectivity index (χ1) is 9.85. The first kappa shape index (κ1) is 16.3. The third-order valence-corrected chi connectivity index (χ3v) is 2.59. The average Bonchev–Trinajstić information content (AvgIpc) is 2.44. The number of aromatic carboxylic acids is 1. The number of nitrogens with zero attached hydrogens (tertiary/aromatic N) is 1. The summed E-state index contributed by atoms with van der Waals surface area (Å²) in [6, 6.07) is 3.56. The fourth-order valence-electron chi connectivity index (χ4n) is 1.43. The van der Waals surface area contributed by atoms with E-state index in [1.165, 1.54) is 30.2 Å². The third kappa shape index (κ3) is 4.68. The maximum Gasteiger partial charge on any atom is 0.339 e. The number of urea groups is 1. The quantitative estimate of drug-likeness (QED) is 0.737. The Morgan fingerprint density at radius 2 is 1.95 bits per heavy atom. The molecular formula is C13H17N3O5. The van der Waals surface area contributed by atoms with Gasteiger partial charge in [0.2, 0.25) is 5.91 Å². The molecule has 0 aliphatic rings. The lowest BCUT2D eigenvalue weighted by Gasteiger charge is -2.12. The van der Waals surface area contributed by atoms with Crippen LogP contribution in [0.2, 0.25) is 0 Å². The van der Waals surface area contributed by atoms with Gasteiger partial charge in [-0.25, -0.2) is 9.59 Å². The molecule has 0 unspecified atom stereocenters. The number of ether oxygens (including phenoxy) is 1. The molecule has 0 bridgehead atoms. The van der Waals surface area contributed by atoms with E-state index in [9.17, 15) is 14.4 Å². The largest absolute Gasteiger partial charge is 0.496 e. The van der Waals surface area contributed by atoms with Crippen LogP contribution in [0.3, 0.4) is 0 Å². The summed E-state index contributed by atoms with van der Waals surface area (Å²) >= 11 is 0. The Kier molecular flexibility index (Phi) is 5.53. The number of hydrogen-bond donors (Lipinski definition) is 3. The summed E-state index contributed by atoms with van der Waals surface area (Å²) in [4.78, 5) is 35.2. The van der Waals surface area contributed by atoms with Gasteiger partial charge in [0.25, 0.3) is 0 Å². The maximum absolute atomic E-state index is 11.6. The molecule has 0 spiro atoms. The molecule has 0 atom stereocenters. The van der Waals surface area contributed by atoms with Gasteiger partial charge in [-0.2, -0.15) is 0 Å². The van der Waals surface area contributed by atoms with Crippen LogP contribution in [0.1, 0.15) is 10.4 Å². The van der Waals surface area contributed by atoms with E-state index in [2.05, 4.69) is 10.6 Å². The lowest BCUT2D eigenvalue weighted by atomic mass is 10.2. The third-order valence-electron chi connectivity index (χ3n) is 2.59. The fourth-order valence-corrected chi connectivity index (χ4v) is 1.43. The summed E-state index contributed by atoms with van der Waals surface area (Å²) < 4.78 is 4.95. The smallest absolute Gasteiger partial charge is 0.339 e. The van der Waals surface area contributed by atoms with Crippen molar-refractivity contribution in [1.82, 2.24) is 10.2 Å². The minimum atomic E-state index is -1.13. The SMILES string of the molecule is COc1cc(NC(=O)NCC(=O)N(C)C)ccc1C(=O)O. The Balaban J connectivity index is 2.69. The van der Waals surface area contributed by atoms with Gasteiger partial charge in [-0.1, -0.05) is 0 Å². The van der Waals surface area contributed by atoms with Gasteiger partial charge < -0.3 is 25.4 Å². The molecule has 0 saturated heterocycles. The van der Waals surface area contributed by atoms with Crippen LogP contribution in [0.4, 0.5) is 10.5 Å². The standard InChI is InChI=1S/C13H17N3O5/c1-16(2)11(17)7-14-13(20)15-8-4-5-9(12(18)19)10(6-8)21-3/h4-6H,7H2,1-3H3,(H,18,19)(H2,14,15,20). The lowest BCUT2D eigenvalue weighted by Crippen LogP contribution is -2.38. The van der Waals surface area contributed by atoms with Crippen LogP contribution < -0.4 is 15.4 Å². The van der Waals surface area contributed by atoms with E-state index in [1.807, 2.05) is 0 Å². The summed E-state index contributed by atoms with van der Waals surface area (Å²) in [6.45, 7) is -0.136. The molecule has 1 aromatic carbocycles. The van der Waals surface area contributed by atoms with Gasteiger partial charge >= 0.3 is 12.0 Å². The topological polar surface area (TPSA) is 108 Å². The zero-order valence-corrected chi connectivity index (χ0v) is 12.0. The number of carbonyl (C=O) groups excluding carboxylic acids is 2. The van der Waals surface area contributed by atoms with Crippen molar-refractivity contribution < 1.29 is 24.2 Å². The van der Waals surface area contributed by atoms with Crippen LogP contribution >= 0.6 is 0 Å². The van der Waals surface area contributed by atoms with E-state index in [0.29, 0.717) is 5.69 Å². The van der Waals surface area contributed by atoms with Gasteiger partial charge in [0, 0.05) is 25.8 Å². The molecule has 0 aliphatic carbocycles. The number of likely N-dealkylation sites (N-methyl/N-ethyl adjacent to an activating group) is 1. The van der Waals surface area contributed by atoms with Crippen LogP contribution in [0.5, 0.6) is 5.75 Å². The summed E-state index contributed by atoms with van der Waals surface area (Å²) in [5.41, 5.74) is 0.345. The second-order valence-electron chi connectivity index (χ2n) is 4.32. The summed E-state index contributed by atoms with van der Waals surface area (Å²) in [5, 5.41) is 13.8. The van der Waals surface area contributed by atoms with Crippen molar-refractivity contribution in [1.29, 1.82) is 0 Å². The Bertz CT molecular complexity index is 557. The fraction of sp³-hybridized carbons (Fsp3) is 0.308. The van der Waals surface area contributed by atoms with E-state index >= 15 is 0 Å². The summed E-state index contributed by atoms with van der Waals surface area (Å²) in [7, 11) is 4.50. The zero-order chi connectivity index (χ0) is 16.0. The molecule has 0 aliphatic heterocycles. The number of carboxylic acid groups (broad SMARTS) is 1. The molecule has 1 aromatic rings. The van der Waals surface area contributed by atoms with Gasteiger partial charge in [-0.15, -0.1) is 0 Å². The van der Waals surface area contributed by atoms with Crippen LogP contribution in [0.25, 0.3) is 0 Å². The molecule has 114 valence electrons. The van der Waals surface area contributed by atoms with Gasteiger partial charge in [0.05, 0.1) is 13.7 Å². The number of methoxy groups -OCH3 is 1. The summed E-state index contributed by atoms with van der Waals surface area (Å²) in [5.74, 6) is -1.24. The van der Waals surface area contributed by atoms with E-state index in [0.717, 1.165) is 0 Å². The van der Waals surface area contributed by atoms with E-state index in [-0.39, 0.29) is 23.8 Å². The molecule has 0 saturated carbocycles. The van der Waals surface area contributed by atoms with Crippen molar-refractivity contribution in [3.8, 4) is 5.75 Å². The molecule has 0 aromatic heterocycles. The van der Waals surface area contributed by atoms with Gasteiger partial charge in [-0.3, -0.25) is 4.79 Å². The monoisotopic (exact) mass is 295 g/mol. The minimum Gasteiger partial charge on any atom is -0.496 e. The predicted octanol–water partition coefficient (Wildman–Crippen LogP) is 0.603. The van der Waals surface area contributed by atoms with Crippen molar-refractivity contribution in [3.05, 3.63) is 23.8 Å². The van der Waals surface area contributed by atoms with Crippen LogP contribution in [-0.4, -0.2) is 55.7 Å². The number of nitrogens with one attached hydrogen (secondary N) is 2. The molecular weight excluding hydrogens is 278 g/mol. The number of amides is 3. The minimum absolute atomic E-state index is 0.00811. The molecule has 3 amide bonds. The number of benzene rings is 1. The first-order valence-electron chi connectivity index (χ1n) is 6.01.